The fourth-order valence-corrected chi connectivity index (χ4v) is 1.19. The number of rotatable bonds is 2. The van der Waals surface area contributed by atoms with E-state index >= 15 is 0 Å². The molecule has 0 spiro atoms. The van der Waals surface area contributed by atoms with Gasteiger partial charge in [0.2, 0.25) is 0 Å². The lowest BCUT2D eigenvalue weighted by atomic mass is 10.4. The van der Waals surface area contributed by atoms with Crippen molar-refractivity contribution in [1.29, 1.82) is 0 Å². The molecule has 0 aliphatic carbocycles. The molecule has 0 aliphatic rings. The molecule has 0 saturated carbocycles. The first-order chi connectivity index (χ1) is 7.15. The third-order valence-corrected chi connectivity index (χ3v) is 1.92. The van der Waals surface area contributed by atoms with Crippen LogP contribution in [0.1, 0.15) is 5.69 Å². The number of nitrogens with two attached hydrogens (primary N) is 1. The molecule has 0 fully saturated rings. The van der Waals surface area contributed by atoms with Gasteiger partial charge in [0.05, 0.1) is 12.4 Å². The van der Waals surface area contributed by atoms with E-state index in [1.54, 1.807) is 24.1 Å². The molecule has 0 radical (unpaired) electrons. The van der Waals surface area contributed by atoms with E-state index in [9.17, 15) is 0 Å². The third kappa shape index (κ3) is 2.07. The van der Waals surface area contributed by atoms with Gasteiger partial charge in [0.15, 0.2) is 0 Å². The molecule has 2 aromatic rings. The molecule has 0 atom stereocenters. The Morgan fingerprint density at radius 2 is 2.20 bits per heavy atom. The number of ether oxygens (including phenoxy) is 1. The minimum atomic E-state index is 0.406. The van der Waals surface area contributed by atoms with Crippen molar-refractivity contribution < 1.29 is 4.74 Å². The maximum atomic E-state index is 5.69. The predicted molar refractivity (Wildman–Crippen MR) is 56.7 cm³/mol. The second kappa shape index (κ2) is 3.61. The first kappa shape index (κ1) is 9.51. The molecule has 0 aliphatic heterocycles. The molecule has 0 amide bonds. The van der Waals surface area contributed by atoms with Crippen LogP contribution in [0, 0.1) is 6.92 Å². The van der Waals surface area contributed by atoms with Crippen molar-refractivity contribution in [3.05, 3.63) is 30.2 Å². The van der Waals surface area contributed by atoms with Crippen LogP contribution in [0.25, 0.3) is 0 Å². The summed E-state index contributed by atoms with van der Waals surface area (Å²) in [6.45, 7) is 1.92. The number of nitrogen functional groups attached to an aromatic ring is 1. The highest BCUT2D eigenvalue weighted by molar-refractivity contribution is 5.47. The van der Waals surface area contributed by atoms with E-state index in [0.717, 1.165) is 5.69 Å². The van der Waals surface area contributed by atoms with Crippen molar-refractivity contribution in [2.45, 2.75) is 6.92 Å². The van der Waals surface area contributed by atoms with E-state index in [0.29, 0.717) is 17.3 Å². The van der Waals surface area contributed by atoms with Crippen LogP contribution in [0.2, 0.25) is 0 Å². The summed E-state index contributed by atoms with van der Waals surface area (Å²) < 4.78 is 7.07. The molecule has 5 heteroatoms. The van der Waals surface area contributed by atoms with Crippen LogP contribution in [0.15, 0.2) is 24.5 Å². The molecule has 78 valence electrons. The lowest BCUT2D eigenvalue weighted by Crippen LogP contribution is -1.91. The minimum absolute atomic E-state index is 0.406. The fraction of sp³-hybridized carbons (Fsp3) is 0.200. The summed E-state index contributed by atoms with van der Waals surface area (Å²) in [6.07, 6.45) is 3.33. The summed E-state index contributed by atoms with van der Waals surface area (Å²) >= 11 is 0. The monoisotopic (exact) mass is 204 g/mol. The van der Waals surface area contributed by atoms with Crippen LogP contribution in [0.5, 0.6) is 11.6 Å². The molecule has 0 saturated heterocycles. The second-order valence-electron chi connectivity index (χ2n) is 3.30. The molecule has 0 aromatic carbocycles. The number of anilines is 1. The fourth-order valence-electron chi connectivity index (χ4n) is 1.19. The van der Waals surface area contributed by atoms with Gasteiger partial charge >= 0.3 is 0 Å². The first-order valence-corrected chi connectivity index (χ1v) is 4.55. The summed E-state index contributed by atoms with van der Waals surface area (Å²) in [5.74, 6) is 1.04. The van der Waals surface area contributed by atoms with Gasteiger partial charge in [-0.2, -0.15) is 0 Å². The standard InChI is InChI=1S/C10H12N4O/c1-7-3-4-8(5-12-7)15-10-9(11)6-14(2)13-10/h3-6H,11H2,1-2H3. The van der Waals surface area contributed by atoms with Gasteiger partial charge in [-0.1, -0.05) is 0 Å². The number of hydrogen-bond donors (Lipinski definition) is 1. The largest absolute Gasteiger partial charge is 0.434 e. The first-order valence-electron chi connectivity index (χ1n) is 4.55. The van der Waals surface area contributed by atoms with Crippen molar-refractivity contribution in [2.75, 3.05) is 5.73 Å². The Kier molecular flexibility index (Phi) is 2.29. The highest BCUT2D eigenvalue weighted by Crippen LogP contribution is 2.24. The van der Waals surface area contributed by atoms with E-state index < -0.39 is 0 Å². The van der Waals surface area contributed by atoms with Gasteiger partial charge < -0.3 is 10.5 Å². The Morgan fingerprint density at radius 1 is 1.40 bits per heavy atom. The third-order valence-electron chi connectivity index (χ3n) is 1.92. The highest BCUT2D eigenvalue weighted by Gasteiger charge is 2.06. The number of aromatic nitrogens is 3. The van der Waals surface area contributed by atoms with Crippen LogP contribution in [0.4, 0.5) is 5.69 Å². The van der Waals surface area contributed by atoms with E-state index in [2.05, 4.69) is 10.1 Å². The Hall–Kier alpha value is -2.04. The van der Waals surface area contributed by atoms with Crippen molar-refractivity contribution >= 4 is 5.69 Å². The zero-order valence-electron chi connectivity index (χ0n) is 8.64. The quantitative estimate of drug-likeness (QED) is 0.805. The predicted octanol–water partition coefficient (Wildman–Crippen LogP) is 1.50. The van der Waals surface area contributed by atoms with Crippen LogP contribution in [-0.2, 0) is 7.05 Å². The van der Waals surface area contributed by atoms with Crippen LogP contribution >= 0.6 is 0 Å². The van der Waals surface area contributed by atoms with Gasteiger partial charge in [0.1, 0.15) is 11.4 Å². The van der Waals surface area contributed by atoms with Gasteiger partial charge in [0, 0.05) is 12.7 Å². The smallest absolute Gasteiger partial charge is 0.261 e. The molecule has 0 bridgehead atoms. The summed E-state index contributed by atoms with van der Waals surface area (Å²) in [6, 6.07) is 3.70. The minimum Gasteiger partial charge on any atom is -0.434 e. The highest BCUT2D eigenvalue weighted by atomic mass is 16.5. The lowest BCUT2D eigenvalue weighted by Gasteiger charge is -2.02. The summed E-state index contributed by atoms with van der Waals surface area (Å²) in [5.41, 5.74) is 7.14. The maximum Gasteiger partial charge on any atom is 0.261 e. The van der Waals surface area contributed by atoms with Gasteiger partial charge in [-0.25, -0.2) is 0 Å². The van der Waals surface area contributed by atoms with Gasteiger partial charge in [-0.3, -0.25) is 9.67 Å². The molecule has 15 heavy (non-hydrogen) atoms. The van der Waals surface area contributed by atoms with E-state index in [1.165, 1.54) is 0 Å². The summed E-state index contributed by atoms with van der Waals surface area (Å²) in [7, 11) is 1.79. The maximum absolute atomic E-state index is 5.69. The van der Waals surface area contributed by atoms with E-state index in [1.807, 2.05) is 19.1 Å². The molecular weight excluding hydrogens is 192 g/mol. The van der Waals surface area contributed by atoms with Crippen molar-refractivity contribution in [3.63, 3.8) is 0 Å². The molecule has 5 nitrogen and oxygen atoms in total. The normalized spacial score (nSPS) is 10.3. The second-order valence-corrected chi connectivity index (χ2v) is 3.30. The molecule has 2 N–H and O–H groups in total. The van der Waals surface area contributed by atoms with Crippen LogP contribution in [-0.4, -0.2) is 14.8 Å². The van der Waals surface area contributed by atoms with E-state index in [4.69, 9.17) is 10.5 Å². The number of pyridine rings is 1. The Balaban J connectivity index is 2.21. The molecular formula is C10H12N4O. The summed E-state index contributed by atoms with van der Waals surface area (Å²) in [5, 5.41) is 4.07. The molecule has 0 unspecified atom stereocenters. The summed E-state index contributed by atoms with van der Waals surface area (Å²) in [4.78, 5) is 4.11. The Bertz CT molecular complexity index is 461. The van der Waals surface area contributed by atoms with Crippen LogP contribution < -0.4 is 10.5 Å². The zero-order chi connectivity index (χ0) is 10.8. The van der Waals surface area contributed by atoms with Crippen LogP contribution in [0.3, 0.4) is 0 Å². The number of hydrogen-bond acceptors (Lipinski definition) is 4. The molecule has 2 heterocycles. The van der Waals surface area contributed by atoms with Crippen molar-refractivity contribution in [2.24, 2.45) is 7.05 Å². The van der Waals surface area contributed by atoms with Crippen molar-refractivity contribution in [1.82, 2.24) is 14.8 Å². The Labute approximate surface area is 87.5 Å². The van der Waals surface area contributed by atoms with E-state index in [-0.39, 0.29) is 0 Å². The molecule has 2 rings (SSSR count). The lowest BCUT2D eigenvalue weighted by molar-refractivity contribution is 0.453. The van der Waals surface area contributed by atoms with Gasteiger partial charge in [-0.15, -0.1) is 5.10 Å². The topological polar surface area (TPSA) is 66.0 Å². The van der Waals surface area contributed by atoms with Crippen molar-refractivity contribution in [3.8, 4) is 11.6 Å². The number of nitrogens with zero attached hydrogens (tertiary/aromatic N) is 3. The Morgan fingerprint density at radius 3 is 2.73 bits per heavy atom. The van der Waals surface area contributed by atoms with Gasteiger partial charge in [-0.05, 0) is 19.1 Å². The zero-order valence-corrected chi connectivity index (χ0v) is 8.64. The average molecular weight is 204 g/mol. The number of aryl methyl sites for hydroxylation is 2. The molecule has 2 aromatic heterocycles. The average Bonchev–Trinajstić information content (AvgIpc) is 2.49. The van der Waals surface area contributed by atoms with Gasteiger partial charge in [0.25, 0.3) is 5.88 Å². The SMILES string of the molecule is Cc1ccc(Oc2nn(C)cc2N)cn1.